The molecule has 0 aromatic rings. The first-order valence-corrected chi connectivity index (χ1v) is 12.3. The van der Waals surface area contributed by atoms with Crippen LogP contribution in [-0.4, -0.2) is 63.6 Å². The number of nitrogens with one attached hydrogen (secondary N) is 1. The van der Waals surface area contributed by atoms with Gasteiger partial charge in [-0.2, -0.15) is 0 Å². The molecule has 0 radical (unpaired) electrons. The minimum atomic E-state index is -1.48. The highest BCUT2D eigenvalue weighted by Crippen LogP contribution is 2.20. The number of allylic oxidation sites excluding steroid dienone is 2. The second kappa shape index (κ2) is 17.6. The molecule has 0 aromatic heterocycles. The van der Waals surface area contributed by atoms with Crippen molar-refractivity contribution in [2.45, 2.75) is 127 Å². The van der Waals surface area contributed by atoms with Gasteiger partial charge >= 0.3 is 0 Å². The Morgan fingerprint density at radius 2 is 1.35 bits per heavy atom. The Hall–Kier alpha value is -0.990. The molecule has 5 N–H and O–H groups in total. The topological polar surface area (TPSA) is 119 Å². The molecule has 1 saturated heterocycles. The summed E-state index contributed by atoms with van der Waals surface area (Å²) in [5.41, 5.74) is 0. The zero-order valence-corrected chi connectivity index (χ0v) is 19.3. The van der Waals surface area contributed by atoms with E-state index in [9.17, 15) is 25.2 Å². The van der Waals surface area contributed by atoms with Crippen molar-refractivity contribution in [3.63, 3.8) is 0 Å². The zero-order chi connectivity index (χ0) is 22.9. The van der Waals surface area contributed by atoms with Crippen LogP contribution in [0.25, 0.3) is 0 Å². The van der Waals surface area contributed by atoms with E-state index in [1.165, 1.54) is 57.8 Å². The minimum Gasteiger partial charge on any atom is -0.394 e. The van der Waals surface area contributed by atoms with Crippen molar-refractivity contribution in [1.29, 1.82) is 0 Å². The van der Waals surface area contributed by atoms with Gasteiger partial charge in [0.1, 0.15) is 24.4 Å². The summed E-state index contributed by atoms with van der Waals surface area (Å²) >= 11 is 0. The van der Waals surface area contributed by atoms with Crippen molar-refractivity contribution in [3.8, 4) is 0 Å². The molecular formula is C24H45NO6. The van der Waals surface area contributed by atoms with Gasteiger partial charge in [-0.25, -0.2) is 0 Å². The summed E-state index contributed by atoms with van der Waals surface area (Å²) in [7, 11) is 0. The molecule has 1 fully saturated rings. The van der Waals surface area contributed by atoms with Crippen LogP contribution in [-0.2, 0) is 9.53 Å². The summed E-state index contributed by atoms with van der Waals surface area (Å²) in [5, 5.41) is 41.1. The maximum absolute atomic E-state index is 12.0. The van der Waals surface area contributed by atoms with E-state index in [0.717, 1.165) is 19.3 Å². The van der Waals surface area contributed by atoms with Gasteiger partial charge in [-0.05, 0) is 32.1 Å². The van der Waals surface area contributed by atoms with Gasteiger partial charge in [-0.1, -0.05) is 70.4 Å². The third-order valence-electron chi connectivity index (χ3n) is 5.86. The number of aliphatic hydroxyl groups excluding tert-OH is 4. The van der Waals surface area contributed by atoms with Crippen molar-refractivity contribution in [2.75, 3.05) is 6.61 Å². The van der Waals surface area contributed by atoms with Gasteiger partial charge in [0.05, 0.1) is 6.61 Å². The molecule has 0 spiro atoms. The maximum Gasteiger partial charge on any atom is 0.222 e. The molecule has 1 heterocycles. The predicted molar refractivity (Wildman–Crippen MR) is 121 cm³/mol. The standard InChI is InChI=1S/C24H45NO6/c1-2-3-4-5-6-7-8-9-10-11-12-13-14-15-16-17-20(27)25-24-23(30)22(29)21(28)19(18-26)31-24/h12-13,19,21-24,26,28-30H,2-11,14-18H2,1H3,(H,25,27)/t19?,21-,22+,23?,24-/m1/s1. The maximum atomic E-state index is 12.0. The summed E-state index contributed by atoms with van der Waals surface area (Å²) in [5.74, 6) is -0.289. The minimum absolute atomic E-state index is 0.289. The van der Waals surface area contributed by atoms with Gasteiger partial charge in [-0.3, -0.25) is 4.79 Å². The van der Waals surface area contributed by atoms with E-state index in [1.54, 1.807) is 0 Å². The summed E-state index contributed by atoms with van der Waals surface area (Å²) in [6.07, 6.45) is 13.9. The predicted octanol–water partition coefficient (Wildman–Crippen LogP) is 2.94. The third-order valence-corrected chi connectivity index (χ3v) is 5.86. The molecule has 7 nitrogen and oxygen atoms in total. The van der Waals surface area contributed by atoms with Crippen molar-refractivity contribution in [3.05, 3.63) is 12.2 Å². The highest BCUT2D eigenvalue weighted by molar-refractivity contribution is 5.76. The Balaban J connectivity index is 2.00. The van der Waals surface area contributed by atoms with Crippen molar-refractivity contribution in [1.82, 2.24) is 5.32 Å². The van der Waals surface area contributed by atoms with Crippen molar-refractivity contribution >= 4 is 5.91 Å². The van der Waals surface area contributed by atoms with E-state index >= 15 is 0 Å². The number of hydrogen-bond acceptors (Lipinski definition) is 6. The van der Waals surface area contributed by atoms with Crippen molar-refractivity contribution in [2.24, 2.45) is 0 Å². The first-order valence-electron chi connectivity index (χ1n) is 12.3. The van der Waals surface area contributed by atoms with Gasteiger partial charge in [0, 0.05) is 6.42 Å². The van der Waals surface area contributed by atoms with E-state index in [0.29, 0.717) is 12.8 Å². The fourth-order valence-electron chi connectivity index (χ4n) is 3.81. The Bertz CT molecular complexity index is 485. The third kappa shape index (κ3) is 12.0. The van der Waals surface area contributed by atoms with E-state index in [1.807, 2.05) is 0 Å². The number of carbonyl (C=O) groups excluding carboxylic acids is 1. The molecule has 182 valence electrons. The lowest BCUT2D eigenvalue weighted by molar-refractivity contribution is -0.236. The van der Waals surface area contributed by atoms with E-state index in [4.69, 9.17) is 4.74 Å². The Morgan fingerprint density at radius 3 is 1.94 bits per heavy atom. The SMILES string of the molecule is CCCCCCCCCCCC=CCCCCC(=O)N[C@@H]1OC(CO)[C@@H](O)[C@H](O)C1O. The number of aliphatic hydroxyl groups is 4. The molecule has 0 aromatic carbocycles. The van der Waals surface area contributed by atoms with Gasteiger partial charge in [0.2, 0.25) is 5.91 Å². The number of amides is 1. The number of ether oxygens (including phenoxy) is 1. The Morgan fingerprint density at radius 1 is 0.806 bits per heavy atom. The Kier molecular flexibility index (Phi) is 15.9. The number of hydrogen-bond donors (Lipinski definition) is 5. The van der Waals surface area contributed by atoms with Crippen LogP contribution in [0.15, 0.2) is 12.2 Å². The van der Waals surface area contributed by atoms with Crippen LogP contribution in [0.1, 0.15) is 96.8 Å². The molecule has 0 aliphatic carbocycles. The highest BCUT2D eigenvalue weighted by atomic mass is 16.6. The van der Waals surface area contributed by atoms with Gasteiger partial charge in [0.15, 0.2) is 6.23 Å². The number of rotatable bonds is 17. The summed E-state index contributed by atoms with van der Waals surface area (Å²) < 4.78 is 5.28. The van der Waals surface area contributed by atoms with Gasteiger partial charge in [-0.15, -0.1) is 0 Å². The lowest BCUT2D eigenvalue weighted by atomic mass is 9.98. The summed E-state index contributed by atoms with van der Waals surface area (Å²) in [6.45, 7) is 1.74. The van der Waals surface area contributed by atoms with Crippen LogP contribution >= 0.6 is 0 Å². The molecule has 31 heavy (non-hydrogen) atoms. The monoisotopic (exact) mass is 443 g/mol. The van der Waals surface area contributed by atoms with Crippen LogP contribution in [0.3, 0.4) is 0 Å². The van der Waals surface area contributed by atoms with Crippen LogP contribution in [0.2, 0.25) is 0 Å². The molecule has 1 rings (SSSR count). The van der Waals surface area contributed by atoms with Crippen LogP contribution in [0.5, 0.6) is 0 Å². The van der Waals surface area contributed by atoms with Crippen LogP contribution in [0.4, 0.5) is 0 Å². The molecule has 1 aliphatic heterocycles. The quantitative estimate of drug-likeness (QED) is 0.174. The van der Waals surface area contributed by atoms with E-state index in [-0.39, 0.29) is 5.91 Å². The first kappa shape index (κ1) is 28.0. The fraction of sp³-hybridized carbons (Fsp3) is 0.875. The normalized spacial score (nSPS) is 26.4. The Labute approximate surface area is 187 Å². The molecule has 5 atom stereocenters. The smallest absolute Gasteiger partial charge is 0.222 e. The number of carbonyl (C=O) groups is 1. The van der Waals surface area contributed by atoms with Gasteiger partial charge < -0.3 is 30.5 Å². The highest BCUT2D eigenvalue weighted by Gasteiger charge is 2.43. The second-order valence-electron chi connectivity index (χ2n) is 8.65. The molecular weight excluding hydrogens is 398 g/mol. The molecule has 7 heteroatoms. The van der Waals surface area contributed by atoms with Crippen LogP contribution in [0, 0.1) is 0 Å². The second-order valence-corrected chi connectivity index (χ2v) is 8.65. The molecule has 0 saturated carbocycles. The fourth-order valence-corrected chi connectivity index (χ4v) is 3.81. The largest absolute Gasteiger partial charge is 0.394 e. The lowest BCUT2D eigenvalue weighted by Crippen LogP contribution is -2.63. The molecule has 1 aliphatic rings. The molecule has 1 amide bonds. The summed E-state index contributed by atoms with van der Waals surface area (Å²) in [6, 6.07) is 0. The van der Waals surface area contributed by atoms with E-state index < -0.39 is 37.3 Å². The first-order chi connectivity index (χ1) is 15.0. The van der Waals surface area contributed by atoms with Gasteiger partial charge in [0.25, 0.3) is 0 Å². The van der Waals surface area contributed by atoms with Crippen molar-refractivity contribution < 1.29 is 30.0 Å². The average molecular weight is 444 g/mol. The molecule has 0 bridgehead atoms. The van der Waals surface area contributed by atoms with E-state index in [2.05, 4.69) is 24.4 Å². The number of unbranched alkanes of at least 4 members (excludes halogenated alkanes) is 11. The lowest BCUT2D eigenvalue weighted by Gasteiger charge is -2.40. The van der Waals surface area contributed by atoms with Crippen LogP contribution < -0.4 is 5.32 Å². The average Bonchev–Trinajstić information content (AvgIpc) is 2.76. The zero-order valence-electron chi connectivity index (χ0n) is 19.3. The molecule has 2 unspecified atom stereocenters. The summed E-state index contributed by atoms with van der Waals surface area (Å²) in [4.78, 5) is 12.0.